The highest BCUT2D eigenvalue weighted by molar-refractivity contribution is 5.41. The van der Waals surface area contributed by atoms with E-state index in [1.54, 1.807) is 0 Å². The number of hydrogen-bond donors (Lipinski definition) is 4. The number of nitrogens with two attached hydrogens (primary N) is 1. The molecular formula is C11H21N5O. The van der Waals surface area contributed by atoms with E-state index in [9.17, 15) is 0 Å². The molecule has 0 saturated carbocycles. The van der Waals surface area contributed by atoms with Gasteiger partial charge in [0.25, 0.3) is 0 Å². The maximum Gasteiger partial charge on any atom is 0.239 e. The highest BCUT2D eigenvalue weighted by Gasteiger charge is 2.06. The average molecular weight is 239 g/mol. The summed E-state index contributed by atoms with van der Waals surface area (Å²) in [5, 5.41) is 12.1. The van der Waals surface area contributed by atoms with Crippen LogP contribution in [0.1, 0.15) is 25.5 Å². The molecule has 17 heavy (non-hydrogen) atoms. The minimum absolute atomic E-state index is 0.221. The Morgan fingerprint density at radius 3 is 2.82 bits per heavy atom. The second kappa shape index (κ2) is 7.03. The summed E-state index contributed by atoms with van der Waals surface area (Å²) in [5.41, 5.74) is 3.29. The van der Waals surface area contributed by atoms with Crippen molar-refractivity contribution in [2.75, 3.05) is 23.9 Å². The molecule has 1 aromatic rings. The van der Waals surface area contributed by atoms with Crippen LogP contribution in [0, 0.1) is 12.8 Å². The van der Waals surface area contributed by atoms with Crippen LogP contribution in [0.5, 0.6) is 0 Å². The molecule has 0 aliphatic rings. The molecule has 6 nitrogen and oxygen atoms in total. The number of aliphatic hydroxyl groups excluding tert-OH is 1. The number of aromatic nitrogens is 2. The highest BCUT2D eigenvalue weighted by Crippen LogP contribution is 2.12. The van der Waals surface area contributed by atoms with Gasteiger partial charge in [-0.3, -0.25) is 5.43 Å². The summed E-state index contributed by atoms with van der Waals surface area (Å²) in [5.74, 6) is 6.89. The Balaban J connectivity index is 2.58. The third-order valence-electron chi connectivity index (χ3n) is 2.67. The zero-order chi connectivity index (χ0) is 12.7. The van der Waals surface area contributed by atoms with Crippen molar-refractivity contribution in [1.29, 1.82) is 0 Å². The predicted molar refractivity (Wildman–Crippen MR) is 68.6 cm³/mol. The van der Waals surface area contributed by atoms with E-state index in [1.165, 1.54) is 0 Å². The summed E-state index contributed by atoms with van der Waals surface area (Å²) in [4.78, 5) is 8.31. The van der Waals surface area contributed by atoms with Crippen LogP contribution in [0.2, 0.25) is 0 Å². The predicted octanol–water partition coefficient (Wildman–Crippen LogP) is 0.891. The highest BCUT2D eigenvalue weighted by atomic mass is 16.3. The molecule has 1 heterocycles. The number of anilines is 2. The smallest absolute Gasteiger partial charge is 0.239 e. The molecule has 0 radical (unpaired) electrons. The van der Waals surface area contributed by atoms with Crippen LogP contribution in [0.4, 0.5) is 11.8 Å². The summed E-state index contributed by atoms with van der Waals surface area (Å²) in [6.07, 6.45) is 1.83. The molecular weight excluding hydrogens is 218 g/mol. The number of aliphatic hydroxyl groups is 1. The monoisotopic (exact) mass is 239 g/mol. The van der Waals surface area contributed by atoms with E-state index in [1.807, 2.05) is 13.0 Å². The summed E-state index contributed by atoms with van der Waals surface area (Å²) in [7, 11) is 0. The maximum absolute atomic E-state index is 8.91. The maximum atomic E-state index is 8.91. The van der Waals surface area contributed by atoms with Crippen molar-refractivity contribution in [3.05, 3.63) is 11.8 Å². The summed E-state index contributed by atoms with van der Waals surface area (Å²) in [6, 6.07) is 1.87. The second-order valence-electron chi connectivity index (χ2n) is 4.03. The van der Waals surface area contributed by atoms with Crippen LogP contribution < -0.4 is 16.6 Å². The molecule has 5 N–H and O–H groups in total. The Bertz CT molecular complexity index is 345. The van der Waals surface area contributed by atoms with Crippen molar-refractivity contribution in [3.8, 4) is 0 Å². The van der Waals surface area contributed by atoms with Gasteiger partial charge in [0.05, 0.1) is 0 Å². The average Bonchev–Trinajstić information content (AvgIpc) is 2.33. The Morgan fingerprint density at radius 1 is 1.47 bits per heavy atom. The van der Waals surface area contributed by atoms with Gasteiger partial charge in [-0.05, 0) is 19.3 Å². The van der Waals surface area contributed by atoms with E-state index in [-0.39, 0.29) is 6.61 Å². The molecule has 0 aromatic carbocycles. The summed E-state index contributed by atoms with van der Waals surface area (Å²) < 4.78 is 0. The fourth-order valence-corrected chi connectivity index (χ4v) is 1.61. The molecule has 1 unspecified atom stereocenters. The number of hydrazine groups is 1. The van der Waals surface area contributed by atoms with Crippen LogP contribution in [-0.4, -0.2) is 28.2 Å². The van der Waals surface area contributed by atoms with Crippen molar-refractivity contribution in [3.63, 3.8) is 0 Å². The minimum atomic E-state index is 0.221. The first-order valence-corrected chi connectivity index (χ1v) is 5.86. The molecule has 0 bridgehead atoms. The third kappa shape index (κ3) is 4.54. The lowest BCUT2D eigenvalue weighted by atomic mass is 10.0. The Labute approximate surface area is 102 Å². The summed E-state index contributed by atoms with van der Waals surface area (Å²) in [6.45, 7) is 5.01. The molecule has 0 aliphatic heterocycles. The van der Waals surface area contributed by atoms with Crippen LogP contribution >= 0.6 is 0 Å². The number of aryl methyl sites for hydroxylation is 1. The van der Waals surface area contributed by atoms with Crippen LogP contribution in [0.3, 0.4) is 0 Å². The van der Waals surface area contributed by atoms with Gasteiger partial charge < -0.3 is 10.4 Å². The van der Waals surface area contributed by atoms with E-state index in [0.29, 0.717) is 11.9 Å². The Hall–Kier alpha value is -1.40. The van der Waals surface area contributed by atoms with E-state index >= 15 is 0 Å². The SMILES string of the molecule is CCC(CCO)CNc1cc(C)nc(NN)n1. The lowest BCUT2D eigenvalue weighted by Gasteiger charge is -2.15. The van der Waals surface area contributed by atoms with Gasteiger partial charge in [-0.2, -0.15) is 4.98 Å². The molecule has 1 rings (SSSR count). The van der Waals surface area contributed by atoms with Gasteiger partial charge in [0, 0.05) is 24.9 Å². The number of rotatable bonds is 7. The van der Waals surface area contributed by atoms with Crippen LogP contribution in [0.25, 0.3) is 0 Å². The number of hydrogen-bond acceptors (Lipinski definition) is 6. The first-order valence-electron chi connectivity index (χ1n) is 5.86. The van der Waals surface area contributed by atoms with Gasteiger partial charge in [-0.1, -0.05) is 13.3 Å². The molecule has 0 saturated heterocycles. The fraction of sp³-hybridized carbons (Fsp3) is 0.636. The normalized spacial score (nSPS) is 12.2. The molecule has 1 aromatic heterocycles. The molecule has 6 heteroatoms. The molecule has 0 spiro atoms. The molecule has 0 fully saturated rings. The minimum Gasteiger partial charge on any atom is -0.396 e. The number of nitrogens with zero attached hydrogens (tertiary/aromatic N) is 2. The van der Waals surface area contributed by atoms with Crippen molar-refractivity contribution in [2.45, 2.75) is 26.7 Å². The molecule has 96 valence electrons. The van der Waals surface area contributed by atoms with E-state index < -0.39 is 0 Å². The standard InChI is InChI=1S/C11H21N5O/c1-3-9(4-5-17)7-13-10-6-8(2)14-11(15-10)16-12/h6,9,17H,3-5,7,12H2,1-2H3,(H2,13,14,15,16). The van der Waals surface area contributed by atoms with Gasteiger partial charge >= 0.3 is 0 Å². The van der Waals surface area contributed by atoms with Crippen molar-refractivity contribution >= 4 is 11.8 Å². The summed E-state index contributed by atoms with van der Waals surface area (Å²) >= 11 is 0. The number of nitrogens with one attached hydrogen (secondary N) is 2. The lowest BCUT2D eigenvalue weighted by Crippen LogP contribution is -2.17. The topological polar surface area (TPSA) is 96.1 Å². The second-order valence-corrected chi connectivity index (χ2v) is 4.03. The zero-order valence-corrected chi connectivity index (χ0v) is 10.4. The largest absolute Gasteiger partial charge is 0.396 e. The van der Waals surface area contributed by atoms with Crippen LogP contribution in [0.15, 0.2) is 6.07 Å². The van der Waals surface area contributed by atoms with Gasteiger partial charge in [0.2, 0.25) is 5.95 Å². The molecule has 0 amide bonds. The first kappa shape index (κ1) is 13.7. The molecule has 1 atom stereocenters. The van der Waals surface area contributed by atoms with Gasteiger partial charge in [-0.15, -0.1) is 0 Å². The lowest BCUT2D eigenvalue weighted by molar-refractivity contribution is 0.258. The van der Waals surface area contributed by atoms with Crippen LogP contribution in [-0.2, 0) is 0 Å². The van der Waals surface area contributed by atoms with Gasteiger partial charge in [0.1, 0.15) is 5.82 Å². The Kier molecular flexibility index (Phi) is 5.65. The van der Waals surface area contributed by atoms with E-state index in [2.05, 4.69) is 27.6 Å². The zero-order valence-electron chi connectivity index (χ0n) is 10.4. The van der Waals surface area contributed by atoms with Crippen molar-refractivity contribution < 1.29 is 5.11 Å². The third-order valence-corrected chi connectivity index (χ3v) is 2.67. The van der Waals surface area contributed by atoms with Crippen molar-refractivity contribution in [1.82, 2.24) is 9.97 Å². The number of nitrogen functional groups attached to an aromatic ring is 1. The van der Waals surface area contributed by atoms with Crippen molar-refractivity contribution in [2.24, 2.45) is 11.8 Å². The van der Waals surface area contributed by atoms with Gasteiger partial charge in [-0.25, -0.2) is 10.8 Å². The quantitative estimate of drug-likeness (QED) is 0.417. The Morgan fingerprint density at radius 2 is 2.24 bits per heavy atom. The van der Waals surface area contributed by atoms with Gasteiger partial charge in [0.15, 0.2) is 0 Å². The van der Waals surface area contributed by atoms with E-state index in [4.69, 9.17) is 10.9 Å². The molecule has 0 aliphatic carbocycles. The fourth-order valence-electron chi connectivity index (χ4n) is 1.61. The van der Waals surface area contributed by atoms with E-state index in [0.717, 1.165) is 30.9 Å². The first-order chi connectivity index (χ1) is 8.19.